The third-order valence-corrected chi connectivity index (χ3v) is 6.28. The predicted octanol–water partition coefficient (Wildman–Crippen LogP) is 3.14. The van der Waals surface area contributed by atoms with E-state index in [1.165, 1.54) is 24.1 Å². The second-order valence-corrected chi connectivity index (χ2v) is 8.89. The molecule has 2 heterocycles. The number of hydrogen-bond acceptors (Lipinski definition) is 5. The van der Waals surface area contributed by atoms with Gasteiger partial charge in [-0.25, -0.2) is 17.2 Å². The lowest BCUT2D eigenvalue weighted by Crippen LogP contribution is -2.24. The van der Waals surface area contributed by atoms with Crippen LogP contribution in [0.5, 0.6) is 5.75 Å². The standard InChI is InChI=1S/C20H17F2N3O4S/c1-2-30(28,29)24-17-13-4-3-7-23-18(13)19(26)16-14(17)10-25(20(16)27)9-11-5-6-12(21)8-15(11)22/h3-8,24,26H,2,9-10H2,1H3. The summed E-state index contributed by atoms with van der Waals surface area (Å²) in [6, 6.07) is 6.21. The number of anilines is 1. The number of hydrogen-bond donors (Lipinski definition) is 2. The summed E-state index contributed by atoms with van der Waals surface area (Å²) >= 11 is 0. The maximum Gasteiger partial charge on any atom is 0.258 e. The van der Waals surface area contributed by atoms with Crippen molar-refractivity contribution in [2.75, 3.05) is 10.5 Å². The molecule has 156 valence electrons. The Kier molecular flexibility index (Phi) is 4.81. The lowest BCUT2D eigenvalue weighted by molar-refractivity contribution is 0.0763. The van der Waals surface area contributed by atoms with Gasteiger partial charge in [-0.2, -0.15) is 0 Å². The molecule has 7 nitrogen and oxygen atoms in total. The first-order valence-corrected chi connectivity index (χ1v) is 10.7. The molecule has 4 rings (SSSR count). The van der Waals surface area contributed by atoms with Crippen molar-refractivity contribution in [2.24, 2.45) is 0 Å². The van der Waals surface area contributed by atoms with E-state index in [9.17, 15) is 27.1 Å². The minimum Gasteiger partial charge on any atom is -0.505 e. The highest BCUT2D eigenvalue weighted by atomic mass is 32.2. The Bertz CT molecular complexity index is 1290. The first-order chi connectivity index (χ1) is 14.2. The van der Waals surface area contributed by atoms with Crippen LogP contribution in [-0.4, -0.2) is 35.1 Å². The summed E-state index contributed by atoms with van der Waals surface area (Å²) in [6.07, 6.45) is 1.41. The van der Waals surface area contributed by atoms with Gasteiger partial charge < -0.3 is 10.0 Å². The second-order valence-electron chi connectivity index (χ2n) is 6.88. The molecule has 10 heteroatoms. The molecule has 1 amide bonds. The van der Waals surface area contributed by atoms with Crippen LogP contribution in [0.2, 0.25) is 0 Å². The van der Waals surface area contributed by atoms with Gasteiger partial charge in [-0.1, -0.05) is 6.07 Å². The number of phenols is 1. The highest BCUT2D eigenvalue weighted by Gasteiger charge is 2.36. The van der Waals surface area contributed by atoms with Crippen molar-refractivity contribution in [3.05, 3.63) is 64.9 Å². The zero-order valence-electron chi connectivity index (χ0n) is 15.8. The van der Waals surface area contributed by atoms with Gasteiger partial charge in [0.2, 0.25) is 10.0 Å². The number of aromatic hydroxyl groups is 1. The fourth-order valence-electron chi connectivity index (χ4n) is 3.48. The number of amides is 1. The summed E-state index contributed by atoms with van der Waals surface area (Å²) in [5, 5.41) is 11.0. The number of carbonyl (C=O) groups is 1. The van der Waals surface area contributed by atoms with Gasteiger partial charge in [0.25, 0.3) is 5.91 Å². The molecular weight excluding hydrogens is 416 g/mol. The Morgan fingerprint density at radius 2 is 2.03 bits per heavy atom. The number of phenolic OH excluding ortho intramolecular Hbond substituents is 1. The van der Waals surface area contributed by atoms with Crippen LogP contribution in [0.25, 0.3) is 10.9 Å². The van der Waals surface area contributed by atoms with E-state index in [2.05, 4.69) is 9.71 Å². The molecule has 0 saturated carbocycles. The molecule has 3 aromatic rings. The van der Waals surface area contributed by atoms with Crippen LogP contribution in [0, 0.1) is 11.6 Å². The van der Waals surface area contributed by atoms with Crippen LogP contribution in [0.3, 0.4) is 0 Å². The molecule has 0 bridgehead atoms. The Balaban J connectivity index is 1.84. The van der Waals surface area contributed by atoms with Gasteiger partial charge in [0.1, 0.15) is 17.2 Å². The summed E-state index contributed by atoms with van der Waals surface area (Å²) in [5.74, 6) is -2.70. The second kappa shape index (κ2) is 7.21. The van der Waals surface area contributed by atoms with Crippen LogP contribution in [0.4, 0.5) is 14.5 Å². The Morgan fingerprint density at radius 3 is 2.73 bits per heavy atom. The van der Waals surface area contributed by atoms with Crippen LogP contribution < -0.4 is 4.72 Å². The summed E-state index contributed by atoms with van der Waals surface area (Å²) in [4.78, 5) is 18.3. The first kappa shape index (κ1) is 20.0. The molecule has 1 aliphatic heterocycles. The van der Waals surface area contributed by atoms with Crippen molar-refractivity contribution in [1.82, 2.24) is 9.88 Å². The van der Waals surface area contributed by atoms with Gasteiger partial charge in [-0.05, 0) is 25.1 Å². The predicted molar refractivity (Wildman–Crippen MR) is 106 cm³/mol. The van der Waals surface area contributed by atoms with E-state index in [4.69, 9.17) is 0 Å². The lowest BCUT2D eigenvalue weighted by Gasteiger charge is -2.16. The fraction of sp³-hybridized carbons (Fsp3) is 0.200. The number of aromatic nitrogens is 1. The third kappa shape index (κ3) is 3.32. The fourth-order valence-corrected chi connectivity index (χ4v) is 4.17. The molecule has 0 unspecified atom stereocenters. The van der Waals surface area contributed by atoms with Gasteiger partial charge in [0.15, 0.2) is 5.75 Å². The molecule has 0 saturated heterocycles. The van der Waals surface area contributed by atoms with E-state index in [-0.39, 0.29) is 52.5 Å². The van der Waals surface area contributed by atoms with Crippen molar-refractivity contribution < 1.29 is 27.1 Å². The van der Waals surface area contributed by atoms with Crippen molar-refractivity contribution in [1.29, 1.82) is 0 Å². The van der Waals surface area contributed by atoms with Crippen LogP contribution in [0.1, 0.15) is 28.4 Å². The van der Waals surface area contributed by atoms with Crippen molar-refractivity contribution in [2.45, 2.75) is 20.0 Å². The number of rotatable bonds is 5. The number of benzene rings is 2. The minimum atomic E-state index is -3.69. The third-order valence-electron chi connectivity index (χ3n) is 5.01. The molecule has 2 aromatic carbocycles. The number of fused-ring (bicyclic) bond motifs is 2. The number of nitrogens with one attached hydrogen (secondary N) is 1. The number of pyridine rings is 1. The van der Waals surface area contributed by atoms with E-state index in [1.807, 2.05) is 0 Å². The molecular formula is C20H17F2N3O4S. The van der Waals surface area contributed by atoms with Gasteiger partial charge in [-0.15, -0.1) is 0 Å². The molecule has 30 heavy (non-hydrogen) atoms. The van der Waals surface area contributed by atoms with E-state index < -0.39 is 27.6 Å². The molecule has 1 aliphatic rings. The van der Waals surface area contributed by atoms with E-state index in [1.54, 1.807) is 12.1 Å². The summed E-state index contributed by atoms with van der Waals surface area (Å²) in [5.41, 5.74) is 0.516. The molecule has 0 fully saturated rings. The zero-order chi connectivity index (χ0) is 21.6. The largest absolute Gasteiger partial charge is 0.505 e. The van der Waals surface area contributed by atoms with Gasteiger partial charge >= 0.3 is 0 Å². The van der Waals surface area contributed by atoms with Crippen LogP contribution >= 0.6 is 0 Å². The summed E-state index contributed by atoms with van der Waals surface area (Å²) in [6.45, 7) is 1.23. The van der Waals surface area contributed by atoms with Crippen LogP contribution in [0.15, 0.2) is 36.5 Å². The average Bonchev–Trinajstić information content (AvgIpc) is 3.04. The van der Waals surface area contributed by atoms with Gasteiger partial charge in [0, 0.05) is 41.9 Å². The molecule has 0 atom stereocenters. The SMILES string of the molecule is CCS(=O)(=O)Nc1c2c(c(O)c3ncccc13)C(=O)N(Cc1ccc(F)cc1F)C2. The van der Waals surface area contributed by atoms with E-state index >= 15 is 0 Å². The quantitative estimate of drug-likeness (QED) is 0.603. The normalized spacial score (nSPS) is 13.7. The topological polar surface area (TPSA) is 99.6 Å². The molecule has 0 radical (unpaired) electrons. The van der Waals surface area contributed by atoms with Gasteiger partial charge in [0.05, 0.1) is 17.0 Å². The lowest BCUT2D eigenvalue weighted by atomic mass is 10.0. The minimum absolute atomic E-state index is 0.0645. The molecule has 0 spiro atoms. The number of halogens is 2. The van der Waals surface area contributed by atoms with Crippen LogP contribution in [-0.2, 0) is 23.1 Å². The Morgan fingerprint density at radius 1 is 1.27 bits per heavy atom. The van der Waals surface area contributed by atoms with E-state index in [0.717, 1.165) is 12.1 Å². The first-order valence-electron chi connectivity index (χ1n) is 9.08. The Labute approximate surface area is 171 Å². The monoisotopic (exact) mass is 433 g/mol. The summed E-state index contributed by atoms with van der Waals surface area (Å²) in [7, 11) is -3.69. The highest BCUT2D eigenvalue weighted by Crippen LogP contribution is 2.43. The van der Waals surface area contributed by atoms with Crippen molar-refractivity contribution >= 4 is 32.5 Å². The smallest absolute Gasteiger partial charge is 0.258 e. The maximum absolute atomic E-state index is 14.1. The van der Waals surface area contributed by atoms with Crippen molar-refractivity contribution in [3.8, 4) is 5.75 Å². The maximum atomic E-state index is 14.1. The molecule has 1 aromatic heterocycles. The average molecular weight is 433 g/mol. The van der Waals surface area contributed by atoms with Gasteiger partial charge in [-0.3, -0.25) is 14.5 Å². The number of sulfonamides is 1. The zero-order valence-corrected chi connectivity index (χ0v) is 16.6. The van der Waals surface area contributed by atoms with E-state index in [0.29, 0.717) is 5.39 Å². The number of nitrogens with zero attached hydrogens (tertiary/aromatic N) is 2. The molecule has 2 N–H and O–H groups in total. The molecule has 0 aliphatic carbocycles. The Hall–Kier alpha value is -3.27. The number of carbonyl (C=O) groups excluding carboxylic acids is 1. The summed E-state index contributed by atoms with van der Waals surface area (Å²) < 4.78 is 54.3. The highest BCUT2D eigenvalue weighted by molar-refractivity contribution is 7.92. The van der Waals surface area contributed by atoms with Crippen molar-refractivity contribution in [3.63, 3.8) is 0 Å².